The zero-order chi connectivity index (χ0) is 32.1. The Kier molecular flexibility index (Phi) is 11.3. The normalized spacial score (nSPS) is 29.0. The number of halogens is 1. The zero-order valence-corrected chi connectivity index (χ0v) is 28.4. The van der Waals surface area contributed by atoms with Crippen LogP contribution >= 0.6 is 27.7 Å². The predicted molar refractivity (Wildman–Crippen MR) is 180 cm³/mol. The molecule has 4 fully saturated rings. The van der Waals surface area contributed by atoms with Crippen molar-refractivity contribution in [2.45, 2.75) is 40.6 Å². The van der Waals surface area contributed by atoms with Crippen molar-refractivity contribution < 1.29 is 29.0 Å². The van der Waals surface area contributed by atoms with Crippen molar-refractivity contribution in [3.63, 3.8) is 0 Å². The fourth-order valence-corrected chi connectivity index (χ4v) is 11.0. The van der Waals surface area contributed by atoms with Gasteiger partial charge in [0.15, 0.2) is 0 Å². The molecule has 1 aromatic rings. The number of amides is 3. The lowest BCUT2D eigenvalue weighted by Gasteiger charge is -2.39. The van der Waals surface area contributed by atoms with Crippen LogP contribution < -0.4 is 9.64 Å². The first kappa shape index (κ1) is 34.0. The summed E-state index contributed by atoms with van der Waals surface area (Å²) in [5.41, 5.74) is 0.701. The largest absolute Gasteiger partial charge is 0.494 e. The summed E-state index contributed by atoms with van der Waals surface area (Å²) in [7, 11) is 0. The molecule has 12 heteroatoms. The highest BCUT2D eigenvalue weighted by Crippen LogP contribution is 2.68. The smallest absolute Gasteiger partial charge is 0.247 e. The van der Waals surface area contributed by atoms with Crippen LogP contribution in [0.2, 0.25) is 0 Å². The van der Waals surface area contributed by atoms with E-state index in [2.05, 4.69) is 34.0 Å². The number of hydrogen-bond donors (Lipinski definition) is 1. The topological polar surface area (TPSA) is 103 Å². The Balaban J connectivity index is 1.47. The molecule has 4 heterocycles. The lowest BCUT2D eigenvalue weighted by molar-refractivity contribution is -0.143. The van der Waals surface area contributed by atoms with Gasteiger partial charge in [0.2, 0.25) is 17.7 Å². The maximum atomic E-state index is 14.6. The zero-order valence-electron chi connectivity index (χ0n) is 26.0. The minimum absolute atomic E-state index is 0.0410. The molecule has 1 N–H and O–H groups in total. The summed E-state index contributed by atoms with van der Waals surface area (Å²) in [4.78, 5) is 51.0. The standard InChI is InChI=1S/C33H45BrN4O6S/c1-4-12-36(16-15-35-17-20-43-21-18-35)32(42)29-33-22-25(34)28(45-33)26(27(33)31(41)38(29)14-7-19-39)30(40)37(13-5-2)23-8-10-24(11-9-23)44-6-3/h4-5,8-11,25-29,39H,1-2,6-7,12-22H2,3H3/t25?,26-,27+,28-,29?,33?/m1/s1. The highest BCUT2D eigenvalue weighted by atomic mass is 79.9. The van der Waals surface area contributed by atoms with Crippen LogP contribution in [0.15, 0.2) is 49.6 Å². The molecule has 0 saturated carbocycles. The van der Waals surface area contributed by atoms with E-state index in [4.69, 9.17) is 9.47 Å². The van der Waals surface area contributed by atoms with Crippen LogP contribution in [0.25, 0.3) is 0 Å². The molecule has 0 radical (unpaired) electrons. The molecule has 4 saturated heterocycles. The second-order valence-electron chi connectivity index (χ2n) is 12.0. The summed E-state index contributed by atoms with van der Waals surface area (Å²) < 4.78 is 10.3. The maximum absolute atomic E-state index is 14.6. The number of rotatable bonds is 15. The Labute approximate surface area is 278 Å². The molecule has 5 rings (SSSR count). The molecule has 0 aromatic heterocycles. The summed E-state index contributed by atoms with van der Waals surface area (Å²) in [6, 6.07) is 6.64. The second kappa shape index (κ2) is 15.0. The van der Waals surface area contributed by atoms with Gasteiger partial charge in [-0.3, -0.25) is 19.3 Å². The number of morpholine rings is 1. The van der Waals surface area contributed by atoms with Gasteiger partial charge in [-0.1, -0.05) is 28.1 Å². The SMILES string of the molecule is C=CCN(CCN1CCOCC1)C(=O)C1N(CCCO)C(=O)[C@@H]2[C@@H](C(=O)N(CC=C)c3ccc(OCC)cc3)[C@@H]3SC12CC3Br. The number of carbonyl (C=O) groups excluding carboxylic acids is 3. The highest BCUT2D eigenvalue weighted by molar-refractivity contribution is 9.09. The van der Waals surface area contributed by atoms with E-state index in [0.717, 1.165) is 13.1 Å². The average molecular weight is 706 g/mol. The number of aliphatic hydroxyl groups is 1. The van der Waals surface area contributed by atoms with E-state index in [1.807, 2.05) is 31.2 Å². The van der Waals surface area contributed by atoms with Crippen molar-refractivity contribution in [1.29, 1.82) is 0 Å². The molecular formula is C33H45BrN4O6S. The van der Waals surface area contributed by atoms with Crippen molar-refractivity contribution in [3.05, 3.63) is 49.6 Å². The quantitative estimate of drug-likeness (QED) is 0.220. The van der Waals surface area contributed by atoms with Gasteiger partial charge in [0.1, 0.15) is 11.8 Å². The number of ether oxygens (including phenoxy) is 2. The molecule has 3 unspecified atom stereocenters. The Bertz CT molecular complexity index is 1250. The summed E-state index contributed by atoms with van der Waals surface area (Å²) in [5.74, 6) is -0.999. The molecule has 6 atom stereocenters. The van der Waals surface area contributed by atoms with Crippen molar-refractivity contribution in [3.8, 4) is 5.75 Å². The van der Waals surface area contributed by atoms with Crippen molar-refractivity contribution in [2.75, 3.05) is 77.1 Å². The lowest BCUT2D eigenvalue weighted by Crippen LogP contribution is -2.57. The van der Waals surface area contributed by atoms with E-state index < -0.39 is 22.6 Å². The average Bonchev–Trinajstić information content (AvgIpc) is 3.64. The third kappa shape index (κ3) is 6.58. The predicted octanol–water partition coefficient (Wildman–Crippen LogP) is 2.80. The van der Waals surface area contributed by atoms with Crippen LogP contribution in [0.1, 0.15) is 19.8 Å². The second-order valence-corrected chi connectivity index (χ2v) is 14.7. The molecule has 1 aromatic carbocycles. The van der Waals surface area contributed by atoms with Gasteiger partial charge < -0.3 is 29.3 Å². The van der Waals surface area contributed by atoms with E-state index in [1.165, 1.54) is 0 Å². The molecular weight excluding hydrogens is 660 g/mol. The molecule has 10 nitrogen and oxygen atoms in total. The van der Waals surface area contributed by atoms with E-state index in [9.17, 15) is 19.5 Å². The Hall–Kier alpha value is -2.38. The summed E-state index contributed by atoms with van der Waals surface area (Å²) in [6.45, 7) is 15.2. The van der Waals surface area contributed by atoms with E-state index in [0.29, 0.717) is 63.7 Å². The molecule has 0 aliphatic carbocycles. The van der Waals surface area contributed by atoms with E-state index in [-0.39, 0.29) is 47.5 Å². The lowest BCUT2D eigenvalue weighted by atomic mass is 9.70. The highest BCUT2D eigenvalue weighted by Gasteiger charge is 2.76. The van der Waals surface area contributed by atoms with Crippen LogP contribution in [0.3, 0.4) is 0 Å². The van der Waals surface area contributed by atoms with Crippen molar-refractivity contribution in [1.82, 2.24) is 14.7 Å². The first-order valence-corrected chi connectivity index (χ1v) is 17.7. The summed E-state index contributed by atoms with van der Waals surface area (Å²) in [5, 5.41) is 9.56. The Morgan fingerprint density at radius 2 is 1.87 bits per heavy atom. The Morgan fingerprint density at radius 1 is 1.16 bits per heavy atom. The molecule has 3 amide bonds. The van der Waals surface area contributed by atoms with Gasteiger partial charge in [0, 0.05) is 68.2 Å². The van der Waals surface area contributed by atoms with Crippen molar-refractivity contribution >= 4 is 51.1 Å². The molecule has 1 spiro atoms. The fraction of sp³-hybridized carbons (Fsp3) is 0.606. The van der Waals surface area contributed by atoms with Crippen LogP contribution in [-0.4, -0.2) is 131 Å². The number of alkyl halides is 1. The number of likely N-dealkylation sites (tertiary alicyclic amines) is 1. The number of hydrogen-bond acceptors (Lipinski definition) is 8. The van der Waals surface area contributed by atoms with Gasteiger partial charge >= 0.3 is 0 Å². The van der Waals surface area contributed by atoms with Gasteiger partial charge in [0.05, 0.1) is 36.4 Å². The molecule has 4 aliphatic rings. The van der Waals surface area contributed by atoms with Gasteiger partial charge in [-0.05, 0) is 44.0 Å². The Morgan fingerprint density at radius 3 is 2.51 bits per heavy atom. The number of carbonyl (C=O) groups is 3. The van der Waals surface area contributed by atoms with Crippen molar-refractivity contribution in [2.24, 2.45) is 11.8 Å². The van der Waals surface area contributed by atoms with Crippen LogP contribution in [0, 0.1) is 11.8 Å². The number of fused-ring (bicyclic) bond motifs is 1. The number of aliphatic hydroxyl groups excluding tert-OH is 1. The third-order valence-corrected chi connectivity index (χ3v) is 12.6. The van der Waals surface area contributed by atoms with Crippen LogP contribution in [0.5, 0.6) is 5.75 Å². The molecule has 2 bridgehead atoms. The number of anilines is 1. The molecule has 45 heavy (non-hydrogen) atoms. The van der Waals surface area contributed by atoms with Crippen LogP contribution in [-0.2, 0) is 19.1 Å². The number of thioether (sulfide) groups is 1. The molecule has 246 valence electrons. The first-order valence-electron chi connectivity index (χ1n) is 15.9. The minimum atomic E-state index is -0.764. The summed E-state index contributed by atoms with van der Waals surface area (Å²) in [6.07, 6.45) is 4.37. The first-order chi connectivity index (χ1) is 21.8. The molecule has 4 aliphatic heterocycles. The minimum Gasteiger partial charge on any atom is -0.494 e. The van der Waals surface area contributed by atoms with Gasteiger partial charge in [-0.15, -0.1) is 24.9 Å². The van der Waals surface area contributed by atoms with E-state index in [1.54, 1.807) is 38.6 Å². The van der Waals surface area contributed by atoms with Gasteiger partial charge in [0.25, 0.3) is 0 Å². The van der Waals surface area contributed by atoms with Crippen LogP contribution in [0.4, 0.5) is 5.69 Å². The summed E-state index contributed by atoms with van der Waals surface area (Å²) >= 11 is 5.50. The third-order valence-electron chi connectivity index (χ3n) is 9.35. The fourth-order valence-electron chi connectivity index (χ4n) is 7.40. The monoisotopic (exact) mass is 704 g/mol. The maximum Gasteiger partial charge on any atom is 0.247 e. The van der Waals surface area contributed by atoms with Gasteiger partial charge in [-0.2, -0.15) is 0 Å². The van der Waals surface area contributed by atoms with Gasteiger partial charge in [-0.25, -0.2) is 0 Å². The number of nitrogens with zero attached hydrogens (tertiary/aromatic N) is 4. The van der Waals surface area contributed by atoms with E-state index >= 15 is 0 Å². The number of benzene rings is 1.